The highest BCUT2D eigenvalue weighted by Crippen LogP contribution is 2.41. The molecule has 0 aliphatic carbocycles. The monoisotopic (exact) mass is 1130 g/mol. The average molecular weight is 1130 g/mol. The number of amides is 6. The van der Waals surface area contributed by atoms with E-state index in [4.69, 9.17) is 0 Å². The molecule has 0 bridgehead atoms. The van der Waals surface area contributed by atoms with Gasteiger partial charge in [-0.05, 0) is 126 Å². The van der Waals surface area contributed by atoms with Crippen LogP contribution in [-0.2, 0) is 52.4 Å². The first-order valence-electron chi connectivity index (χ1n) is 28.1. The number of nitrogens with zero attached hydrogens (tertiary/aromatic N) is 2. The molecule has 20 heteroatoms. The number of benzene rings is 2. The summed E-state index contributed by atoms with van der Waals surface area (Å²) in [6, 6.07) is 12.3. The number of carbonyl (C=O) groups excluding carboxylic acids is 6. The molecule has 4 heterocycles. The van der Waals surface area contributed by atoms with Gasteiger partial charge in [0.15, 0.2) is 0 Å². The van der Waals surface area contributed by atoms with Crippen LogP contribution in [0.1, 0.15) is 139 Å². The van der Waals surface area contributed by atoms with Gasteiger partial charge in [0.25, 0.3) is 11.1 Å². The summed E-state index contributed by atoms with van der Waals surface area (Å²) in [5, 5.41) is 17.4. The Morgan fingerprint density at radius 1 is 0.585 bits per heavy atom. The van der Waals surface area contributed by atoms with Gasteiger partial charge in [-0.1, -0.05) is 63.8 Å². The molecule has 2 aliphatic heterocycles. The van der Waals surface area contributed by atoms with Gasteiger partial charge in [0.2, 0.25) is 35.4 Å². The highest BCUT2D eigenvalue weighted by atomic mass is 19.1. The lowest BCUT2D eigenvalue weighted by molar-refractivity contribution is -0.128. The average Bonchev–Trinajstić information content (AvgIpc) is 2.50. The van der Waals surface area contributed by atoms with Gasteiger partial charge in [-0.15, -0.1) is 0 Å². The van der Waals surface area contributed by atoms with E-state index in [2.05, 4.69) is 65.6 Å². The predicted octanol–water partition coefficient (Wildman–Crippen LogP) is 4.80. The maximum atomic E-state index is 14.3. The van der Waals surface area contributed by atoms with Crippen molar-refractivity contribution in [2.75, 3.05) is 50.1 Å². The number of rotatable bonds is 26. The minimum absolute atomic E-state index is 0.148. The van der Waals surface area contributed by atoms with E-state index in [-0.39, 0.29) is 110 Å². The summed E-state index contributed by atoms with van der Waals surface area (Å²) in [5.41, 5.74) is 2.90. The predicted molar refractivity (Wildman–Crippen MR) is 312 cm³/mol. The van der Waals surface area contributed by atoms with Gasteiger partial charge in [-0.3, -0.25) is 38.4 Å². The number of likely N-dealkylation sites (N-methyl/N-ethyl adjacent to an activating group) is 2. The van der Waals surface area contributed by atoms with Gasteiger partial charge in [-0.25, -0.2) is 8.78 Å². The lowest BCUT2D eigenvalue weighted by Gasteiger charge is -2.27. The summed E-state index contributed by atoms with van der Waals surface area (Å²) in [4.78, 5) is 116. The van der Waals surface area contributed by atoms with Crippen LogP contribution < -0.4 is 52.8 Å². The summed E-state index contributed by atoms with van der Waals surface area (Å²) in [6.45, 7) is 12.4. The van der Waals surface area contributed by atoms with Crippen LogP contribution in [0.5, 0.6) is 0 Å². The van der Waals surface area contributed by atoms with Crippen molar-refractivity contribution in [3.63, 3.8) is 0 Å². The summed E-state index contributed by atoms with van der Waals surface area (Å²) < 4.78 is 27.2. The first-order valence-corrected chi connectivity index (χ1v) is 28.1. The Morgan fingerprint density at radius 3 is 1.30 bits per heavy atom. The molecule has 18 nitrogen and oxygen atoms in total. The zero-order valence-electron chi connectivity index (χ0n) is 48.3. The third-order valence-electron chi connectivity index (χ3n) is 14.9. The number of anilines is 2. The second kappa shape index (κ2) is 29.2. The van der Waals surface area contributed by atoms with Crippen molar-refractivity contribution in [1.82, 2.24) is 41.9 Å². The lowest BCUT2D eigenvalue weighted by Crippen LogP contribution is -2.53. The van der Waals surface area contributed by atoms with E-state index >= 15 is 0 Å². The Hall–Kier alpha value is -7.94. The molecule has 6 amide bonds. The highest BCUT2D eigenvalue weighted by Gasteiger charge is 2.43. The lowest BCUT2D eigenvalue weighted by atomic mass is 9.91. The van der Waals surface area contributed by atoms with Gasteiger partial charge in [-0.2, -0.15) is 0 Å². The first kappa shape index (κ1) is 63.2. The Morgan fingerprint density at radius 2 is 0.951 bits per heavy atom. The number of aromatic amines is 2. The SMILES string of the molecule is CN[C@@H](C)C(=O)N[C@@H](CCCCNC(=O)CCC#CC#CCCC(=O)NCCCC[C@H](NC(=O)[C@H](C)NC)C(=O)N1CC(C)(C)c2[nH]c(=O)c(Cc3ccc(F)cc3)cc21)C(=O)N1CC(C)(C)c2[nH]c(=O)c(Cc3ccc(F)cc3)cc21. The third kappa shape index (κ3) is 17.3. The molecule has 82 heavy (non-hydrogen) atoms. The molecule has 4 aromatic rings. The quantitative estimate of drug-likeness (QED) is 0.0316. The summed E-state index contributed by atoms with van der Waals surface area (Å²) >= 11 is 0. The molecule has 0 unspecified atom stereocenters. The van der Waals surface area contributed by atoms with Crippen LogP contribution in [0.4, 0.5) is 20.2 Å². The molecule has 2 aliphatic rings. The van der Waals surface area contributed by atoms with Crippen LogP contribution in [0.3, 0.4) is 0 Å². The fourth-order valence-corrected chi connectivity index (χ4v) is 9.89. The molecule has 0 saturated heterocycles. The van der Waals surface area contributed by atoms with Gasteiger partial charge < -0.3 is 51.7 Å². The normalized spacial score (nSPS) is 15.0. The van der Waals surface area contributed by atoms with Crippen molar-refractivity contribution < 1.29 is 37.5 Å². The van der Waals surface area contributed by atoms with Crippen molar-refractivity contribution in [2.45, 2.75) is 154 Å². The number of pyridine rings is 2. The smallest absolute Gasteiger partial charge is 0.251 e. The molecule has 2 aromatic heterocycles. The van der Waals surface area contributed by atoms with Crippen molar-refractivity contribution >= 4 is 46.8 Å². The Balaban J connectivity index is 0.906. The molecular weight excluding hydrogens is 1050 g/mol. The van der Waals surface area contributed by atoms with Crippen molar-refractivity contribution in [1.29, 1.82) is 0 Å². The van der Waals surface area contributed by atoms with E-state index in [1.807, 2.05) is 27.7 Å². The fourth-order valence-electron chi connectivity index (χ4n) is 9.89. The van der Waals surface area contributed by atoms with Gasteiger partial charge in [0.1, 0.15) is 23.7 Å². The number of carbonyl (C=O) groups is 6. The van der Waals surface area contributed by atoms with Gasteiger partial charge in [0, 0.05) is 98.0 Å². The van der Waals surface area contributed by atoms with Crippen LogP contribution in [-0.4, -0.2) is 110 Å². The number of fused-ring (bicyclic) bond motifs is 2. The molecule has 6 rings (SSSR count). The van der Waals surface area contributed by atoms with E-state index in [1.54, 1.807) is 74.1 Å². The van der Waals surface area contributed by atoms with Gasteiger partial charge >= 0.3 is 0 Å². The Labute approximate surface area is 478 Å². The van der Waals surface area contributed by atoms with Crippen molar-refractivity contribution in [2.24, 2.45) is 0 Å². The summed E-state index contributed by atoms with van der Waals surface area (Å²) in [7, 11) is 3.30. The minimum Gasteiger partial charge on any atom is -0.356 e. The Bertz CT molecular complexity index is 2990. The third-order valence-corrected chi connectivity index (χ3v) is 14.9. The van der Waals surface area contributed by atoms with Crippen molar-refractivity contribution in [3.05, 3.63) is 127 Å². The fraction of sp³-hybridized carbons (Fsp3) is 0.484. The van der Waals surface area contributed by atoms with Crippen LogP contribution in [0, 0.1) is 35.3 Å². The number of aromatic nitrogens is 2. The molecule has 2 aromatic carbocycles. The topological polar surface area (TPSA) is 247 Å². The Kier molecular flexibility index (Phi) is 22.5. The maximum Gasteiger partial charge on any atom is 0.251 e. The molecule has 0 saturated carbocycles. The number of hydrogen-bond acceptors (Lipinski definition) is 10. The van der Waals surface area contributed by atoms with E-state index in [9.17, 15) is 47.1 Å². The van der Waals surface area contributed by atoms with E-state index in [1.165, 1.54) is 24.3 Å². The van der Waals surface area contributed by atoms with Crippen LogP contribution in [0.15, 0.2) is 70.3 Å². The second-order valence-corrected chi connectivity index (χ2v) is 22.4. The largest absolute Gasteiger partial charge is 0.356 e. The van der Waals surface area contributed by atoms with Crippen LogP contribution >= 0.6 is 0 Å². The summed E-state index contributed by atoms with van der Waals surface area (Å²) in [5.74, 6) is 8.68. The molecule has 0 fully saturated rings. The highest BCUT2D eigenvalue weighted by molar-refractivity contribution is 6.02. The van der Waals surface area contributed by atoms with E-state index in [0.29, 0.717) is 85.5 Å². The van der Waals surface area contributed by atoms with Crippen LogP contribution in [0.2, 0.25) is 0 Å². The molecule has 4 atom stereocenters. The standard InChI is InChI=1S/C62H78F2N10O8/c1-39(65-7)55(77)69-47(59(81)73-37-61(3,4)53-49(73)35-43(57(79)71-53)33-41-23-27-45(63)28-24-41)19-15-17-31-67-51(75)21-13-11-9-10-12-14-22-52(76)68-32-18-16-20-48(70-56(78)40(2)66-8)60(82)74-38-62(5,6)54-50(74)36-44(58(80)72-54)34-42-25-29-46(64)30-26-42/h23-30,35-36,39-40,47-48,65-66H,13-22,31-34,37-38H2,1-8H3,(H,67,75)(H,68,76)(H,69,77)(H,70,78)(H,71,79)(H,72,80)/t39-,40-,47-,48-/m0/s1. The first-order chi connectivity index (χ1) is 39.0. The maximum absolute atomic E-state index is 14.3. The number of hydrogen-bond donors (Lipinski definition) is 8. The molecule has 0 spiro atoms. The van der Waals surface area contributed by atoms with E-state index in [0.717, 1.165) is 11.1 Å². The number of nitrogens with one attached hydrogen (secondary N) is 8. The molecular formula is C62H78F2N10O8. The number of halogens is 2. The molecule has 0 radical (unpaired) electrons. The second-order valence-electron chi connectivity index (χ2n) is 22.4. The van der Waals surface area contributed by atoms with Crippen LogP contribution in [0.25, 0.3) is 0 Å². The molecule has 8 N–H and O–H groups in total. The van der Waals surface area contributed by atoms with Gasteiger partial charge in [0.05, 0.1) is 23.5 Å². The van der Waals surface area contributed by atoms with E-state index < -0.39 is 35.0 Å². The molecule has 438 valence electrons. The zero-order valence-corrected chi connectivity index (χ0v) is 48.3. The number of H-pyrrole nitrogens is 2. The summed E-state index contributed by atoms with van der Waals surface area (Å²) in [6.07, 6.45) is 4.00. The number of unbranched alkanes of at least 4 members (excludes halogenated alkanes) is 2. The zero-order chi connectivity index (χ0) is 59.7. The minimum atomic E-state index is -0.882. The van der Waals surface area contributed by atoms with Crippen molar-refractivity contribution in [3.8, 4) is 23.7 Å².